The Labute approximate surface area is 186 Å². The monoisotopic (exact) mass is 455 g/mol. The van der Waals surface area contributed by atoms with Crippen molar-refractivity contribution in [1.29, 1.82) is 0 Å². The van der Waals surface area contributed by atoms with Crippen molar-refractivity contribution in [2.75, 3.05) is 5.32 Å². The number of benzene rings is 2. The number of rotatable bonds is 6. The summed E-state index contributed by atoms with van der Waals surface area (Å²) < 4.78 is 6.90. The Morgan fingerprint density at radius 2 is 1.87 bits per heavy atom. The van der Waals surface area contributed by atoms with Gasteiger partial charge in [-0.2, -0.15) is 0 Å². The van der Waals surface area contributed by atoms with Gasteiger partial charge in [-0.25, -0.2) is 9.67 Å². The molecule has 1 N–H and O–H groups in total. The van der Waals surface area contributed by atoms with E-state index in [1.165, 1.54) is 16.9 Å². The van der Waals surface area contributed by atoms with Crippen LogP contribution in [0.3, 0.4) is 0 Å². The lowest BCUT2D eigenvalue weighted by atomic mass is 10.2. The summed E-state index contributed by atoms with van der Waals surface area (Å²) in [7, 11) is 0. The number of aromatic nitrogens is 4. The van der Waals surface area contributed by atoms with Gasteiger partial charge in [0, 0.05) is 12.6 Å². The largest absolute Gasteiger partial charge is 0.435 e. The normalized spacial score (nSPS) is 10.8. The Balaban J connectivity index is 1.46. The number of para-hydroxylation sites is 2. The first kappa shape index (κ1) is 20.8. The standard InChI is InChI=1S/C21H15Cl2N5O3/c22-13-11-15(23)20(24-12-13)31-18-8-4-3-7-17(18)25-19(29)9-10-28-21(30)14-5-1-2-6-16(14)26-27-28/h1-8,11-12H,9-10H2,(H,25,29). The van der Waals surface area contributed by atoms with Crippen LogP contribution in [0.2, 0.25) is 10.0 Å². The first-order chi connectivity index (χ1) is 15.0. The maximum atomic E-state index is 12.5. The molecule has 2 aromatic heterocycles. The summed E-state index contributed by atoms with van der Waals surface area (Å²) in [5, 5.41) is 11.7. The number of halogens is 2. The highest BCUT2D eigenvalue weighted by atomic mass is 35.5. The van der Waals surface area contributed by atoms with Crippen molar-refractivity contribution >= 4 is 45.7 Å². The summed E-state index contributed by atoms with van der Waals surface area (Å²) >= 11 is 12.0. The van der Waals surface area contributed by atoms with Crippen LogP contribution in [0.15, 0.2) is 65.6 Å². The average molecular weight is 456 g/mol. The molecule has 0 saturated heterocycles. The van der Waals surface area contributed by atoms with Crippen molar-refractivity contribution in [3.05, 3.63) is 81.2 Å². The van der Waals surface area contributed by atoms with E-state index in [1.54, 1.807) is 48.5 Å². The first-order valence-corrected chi connectivity index (χ1v) is 9.97. The lowest BCUT2D eigenvalue weighted by Crippen LogP contribution is -2.26. The molecular formula is C21H15Cl2N5O3. The number of carbonyl (C=O) groups excluding carboxylic acids is 1. The van der Waals surface area contributed by atoms with Gasteiger partial charge >= 0.3 is 0 Å². The summed E-state index contributed by atoms with van der Waals surface area (Å²) in [4.78, 5) is 29.0. The van der Waals surface area contributed by atoms with Gasteiger partial charge in [-0.15, -0.1) is 5.10 Å². The zero-order valence-electron chi connectivity index (χ0n) is 16.0. The van der Waals surface area contributed by atoms with Crippen LogP contribution in [0, 0.1) is 0 Å². The molecular weight excluding hydrogens is 441 g/mol. The van der Waals surface area contributed by atoms with Crippen molar-refractivity contribution in [2.45, 2.75) is 13.0 Å². The minimum atomic E-state index is -0.326. The summed E-state index contributed by atoms with van der Waals surface area (Å²) in [5.74, 6) is 0.189. The maximum absolute atomic E-state index is 12.5. The topological polar surface area (TPSA) is 99.0 Å². The number of hydrogen-bond acceptors (Lipinski definition) is 6. The fourth-order valence-corrected chi connectivity index (χ4v) is 3.25. The molecule has 0 saturated carbocycles. The smallest absolute Gasteiger partial charge is 0.277 e. The van der Waals surface area contributed by atoms with E-state index in [4.69, 9.17) is 27.9 Å². The van der Waals surface area contributed by atoms with Crippen LogP contribution >= 0.6 is 23.2 Å². The van der Waals surface area contributed by atoms with E-state index in [0.29, 0.717) is 27.4 Å². The van der Waals surface area contributed by atoms with Crippen LogP contribution in [0.5, 0.6) is 11.6 Å². The third-order valence-electron chi connectivity index (χ3n) is 4.32. The highest BCUT2D eigenvalue weighted by molar-refractivity contribution is 6.35. The maximum Gasteiger partial charge on any atom is 0.277 e. The number of ether oxygens (including phenoxy) is 1. The van der Waals surface area contributed by atoms with Crippen LogP contribution < -0.4 is 15.6 Å². The van der Waals surface area contributed by atoms with Crippen molar-refractivity contribution in [3.63, 3.8) is 0 Å². The van der Waals surface area contributed by atoms with E-state index < -0.39 is 0 Å². The first-order valence-electron chi connectivity index (χ1n) is 9.21. The van der Waals surface area contributed by atoms with Gasteiger partial charge in [-0.3, -0.25) is 9.59 Å². The number of pyridine rings is 1. The fourth-order valence-electron chi connectivity index (χ4n) is 2.83. The van der Waals surface area contributed by atoms with Gasteiger partial charge in [0.1, 0.15) is 10.5 Å². The number of aryl methyl sites for hydroxylation is 1. The van der Waals surface area contributed by atoms with Crippen molar-refractivity contribution in [3.8, 4) is 11.6 Å². The number of anilines is 1. The summed E-state index contributed by atoms with van der Waals surface area (Å²) in [6, 6.07) is 15.3. The minimum Gasteiger partial charge on any atom is -0.435 e. The molecule has 0 spiro atoms. The van der Waals surface area contributed by atoms with Gasteiger partial charge in [-0.05, 0) is 30.3 Å². The fraction of sp³-hybridized carbons (Fsp3) is 0.0952. The highest BCUT2D eigenvalue weighted by Crippen LogP contribution is 2.33. The lowest BCUT2D eigenvalue weighted by molar-refractivity contribution is -0.116. The molecule has 156 valence electrons. The number of fused-ring (bicyclic) bond motifs is 1. The van der Waals surface area contributed by atoms with Crippen LogP contribution in [0.1, 0.15) is 6.42 Å². The van der Waals surface area contributed by atoms with Crippen molar-refractivity contribution < 1.29 is 9.53 Å². The lowest BCUT2D eigenvalue weighted by Gasteiger charge is -2.12. The molecule has 31 heavy (non-hydrogen) atoms. The van der Waals surface area contributed by atoms with E-state index in [2.05, 4.69) is 20.6 Å². The Hall–Kier alpha value is -3.49. The van der Waals surface area contributed by atoms with E-state index in [0.717, 1.165) is 0 Å². The van der Waals surface area contributed by atoms with Gasteiger partial charge in [0.05, 0.1) is 22.6 Å². The van der Waals surface area contributed by atoms with Crippen molar-refractivity contribution in [2.24, 2.45) is 0 Å². The van der Waals surface area contributed by atoms with Gasteiger partial charge in [0.2, 0.25) is 11.8 Å². The third-order valence-corrected chi connectivity index (χ3v) is 4.80. The predicted octanol–water partition coefficient (Wildman–Crippen LogP) is 4.31. The second-order valence-corrected chi connectivity index (χ2v) is 7.32. The van der Waals surface area contributed by atoms with E-state index in [9.17, 15) is 9.59 Å². The zero-order chi connectivity index (χ0) is 21.8. The Bertz CT molecular complexity index is 1330. The summed E-state index contributed by atoms with van der Waals surface area (Å²) in [6.07, 6.45) is 1.42. The molecule has 10 heteroatoms. The van der Waals surface area contributed by atoms with E-state index in [-0.39, 0.29) is 35.3 Å². The molecule has 1 amide bonds. The molecule has 4 rings (SSSR count). The molecule has 2 heterocycles. The molecule has 0 atom stereocenters. The molecule has 2 aromatic carbocycles. The number of nitrogens with zero attached hydrogens (tertiary/aromatic N) is 4. The molecule has 4 aromatic rings. The molecule has 0 unspecified atom stereocenters. The van der Waals surface area contributed by atoms with Crippen LogP contribution in [0.25, 0.3) is 10.9 Å². The number of carbonyl (C=O) groups is 1. The van der Waals surface area contributed by atoms with Crippen LogP contribution in [0.4, 0.5) is 5.69 Å². The van der Waals surface area contributed by atoms with E-state index >= 15 is 0 Å². The highest BCUT2D eigenvalue weighted by Gasteiger charge is 2.13. The van der Waals surface area contributed by atoms with Gasteiger partial charge < -0.3 is 10.1 Å². The van der Waals surface area contributed by atoms with Crippen LogP contribution in [-0.2, 0) is 11.3 Å². The molecule has 0 aliphatic heterocycles. The molecule has 0 fully saturated rings. The Kier molecular flexibility index (Phi) is 6.11. The molecule has 0 radical (unpaired) electrons. The molecule has 0 aliphatic rings. The van der Waals surface area contributed by atoms with Gasteiger partial charge in [-0.1, -0.05) is 52.7 Å². The van der Waals surface area contributed by atoms with E-state index in [1.807, 2.05) is 0 Å². The number of hydrogen-bond donors (Lipinski definition) is 1. The quantitative estimate of drug-likeness (QED) is 0.464. The third kappa shape index (κ3) is 4.82. The second kappa shape index (κ2) is 9.11. The zero-order valence-corrected chi connectivity index (χ0v) is 17.5. The summed E-state index contributed by atoms with van der Waals surface area (Å²) in [6.45, 7) is 0.0795. The summed E-state index contributed by atoms with van der Waals surface area (Å²) in [5.41, 5.74) is 0.636. The Morgan fingerprint density at radius 3 is 2.71 bits per heavy atom. The molecule has 0 aliphatic carbocycles. The number of nitrogens with one attached hydrogen (secondary N) is 1. The van der Waals surface area contributed by atoms with Crippen molar-refractivity contribution in [1.82, 2.24) is 20.0 Å². The average Bonchev–Trinajstić information content (AvgIpc) is 2.76. The van der Waals surface area contributed by atoms with Gasteiger partial charge in [0.15, 0.2) is 5.75 Å². The second-order valence-electron chi connectivity index (χ2n) is 6.47. The Morgan fingerprint density at radius 1 is 1.10 bits per heavy atom. The van der Waals surface area contributed by atoms with Crippen LogP contribution in [-0.4, -0.2) is 25.9 Å². The van der Waals surface area contributed by atoms with Gasteiger partial charge in [0.25, 0.3) is 5.56 Å². The minimum absolute atomic E-state index is 0.0151. The molecule has 8 nitrogen and oxygen atoms in total. The number of amides is 1. The predicted molar refractivity (Wildman–Crippen MR) is 118 cm³/mol. The molecule has 0 bridgehead atoms. The SMILES string of the molecule is O=C(CCn1nnc2ccccc2c1=O)Nc1ccccc1Oc1ncc(Cl)cc1Cl.